The van der Waals surface area contributed by atoms with Crippen LogP contribution in [0.4, 0.5) is 0 Å². The lowest BCUT2D eigenvalue weighted by Crippen LogP contribution is -2.04. The smallest absolute Gasteiger partial charge is 0.139 e. The van der Waals surface area contributed by atoms with Crippen molar-refractivity contribution in [1.29, 1.82) is 0 Å². The Morgan fingerprint density at radius 2 is 2.15 bits per heavy atom. The molecule has 0 saturated heterocycles. The molecule has 0 saturated carbocycles. The van der Waals surface area contributed by atoms with Gasteiger partial charge in [0.15, 0.2) is 0 Å². The highest BCUT2D eigenvalue weighted by molar-refractivity contribution is 6.34. The fourth-order valence-electron chi connectivity index (χ4n) is 0.796. The molecule has 0 aliphatic heterocycles. The second kappa shape index (κ2) is 4.73. The summed E-state index contributed by atoms with van der Waals surface area (Å²) in [6.07, 6.45) is 0. The number of halogens is 2. The molecule has 0 aliphatic carbocycles. The largest absolute Gasteiger partial charge is 0.492 e. The molecule has 0 heterocycles. The summed E-state index contributed by atoms with van der Waals surface area (Å²) < 4.78 is 5.44. The molecule has 0 N–H and O–H groups in total. The molecule has 1 aromatic rings. The van der Waals surface area contributed by atoms with E-state index in [0.29, 0.717) is 28.3 Å². The van der Waals surface area contributed by atoms with Crippen molar-refractivity contribution in [3.05, 3.63) is 28.2 Å². The van der Waals surface area contributed by atoms with Gasteiger partial charge in [0, 0.05) is 12.1 Å². The third kappa shape index (κ3) is 3.45. The predicted octanol–water partition coefficient (Wildman–Crippen LogP) is 3.83. The maximum atomic E-state index is 5.86. The number of ether oxygens (including phenoxy) is 1. The van der Waals surface area contributed by atoms with E-state index in [-0.39, 0.29) is 0 Å². The Morgan fingerprint density at radius 3 is 2.77 bits per heavy atom. The van der Waals surface area contributed by atoms with Crippen LogP contribution in [0.25, 0.3) is 0 Å². The normalized spacial score (nSPS) is 10.5. The highest BCUT2D eigenvalue weighted by Crippen LogP contribution is 2.27. The number of hydrogen-bond acceptors (Lipinski definition) is 1. The van der Waals surface area contributed by atoms with Gasteiger partial charge in [-0.2, -0.15) is 0 Å². The topological polar surface area (TPSA) is 9.23 Å². The van der Waals surface area contributed by atoms with Crippen LogP contribution in [0.5, 0.6) is 5.75 Å². The molecule has 13 heavy (non-hydrogen) atoms. The molecule has 0 aromatic heterocycles. The fourth-order valence-corrected chi connectivity index (χ4v) is 1.11. The van der Waals surface area contributed by atoms with E-state index in [0.717, 1.165) is 0 Å². The lowest BCUT2D eigenvalue weighted by molar-refractivity contribution is 0.271. The monoisotopic (exact) mass is 217 g/mol. The molecule has 0 fully saturated rings. The van der Waals surface area contributed by atoms with Gasteiger partial charge in [-0.25, -0.2) is 0 Å². The Balaban J connectivity index is 2.70. The summed E-state index contributed by atoms with van der Waals surface area (Å²) in [4.78, 5) is 0. The molecule has 0 spiro atoms. The SMILES string of the molecule is CC(C)COc1cc(Cl)[c]cc1Cl. The molecule has 0 unspecified atom stereocenters. The average Bonchev–Trinajstić information content (AvgIpc) is 2.06. The molecule has 0 atom stereocenters. The zero-order chi connectivity index (χ0) is 9.84. The van der Waals surface area contributed by atoms with Crippen LogP contribution in [-0.4, -0.2) is 6.61 Å². The van der Waals surface area contributed by atoms with Crippen molar-refractivity contribution >= 4 is 23.2 Å². The summed E-state index contributed by atoms with van der Waals surface area (Å²) in [7, 11) is 0. The summed E-state index contributed by atoms with van der Waals surface area (Å²) in [5.41, 5.74) is 0. The van der Waals surface area contributed by atoms with E-state index in [1.807, 2.05) is 0 Å². The molecule has 1 radical (unpaired) electrons. The Bertz CT molecular complexity index is 284. The second-order valence-electron chi connectivity index (χ2n) is 3.20. The molecule has 0 aliphatic rings. The van der Waals surface area contributed by atoms with Crippen LogP contribution in [0.15, 0.2) is 12.1 Å². The van der Waals surface area contributed by atoms with E-state index in [9.17, 15) is 0 Å². The van der Waals surface area contributed by atoms with Crippen molar-refractivity contribution in [3.8, 4) is 5.75 Å². The van der Waals surface area contributed by atoms with Crippen LogP contribution >= 0.6 is 23.2 Å². The van der Waals surface area contributed by atoms with Crippen molar-refractivity contribution in [2.75, 3.05) is 6.61 Å². The standard InChI is InChI=1S/C10H11Cl2O/c1-7(2)6-13-10-5-8(11)3-4-9(10)12/h4-5,7H,6H2,1-2H3. The van der Waals surface area contributed by atoms with Gasteiger partial charge < -0.3 is 4.74 Å². The summed E-state index contributed by atoms with van der Waals surface area (Å²) in [6.45, 7) is 4.79. The van der Waals surface area contributed by atoms with Crippen molar-refractivity contribution in [1.82, 2.24) is 0 Å². The summed E-state index contributed by atoms with van der Waals surface area (Å²) in [5, 5.41) is 1.06. The third-order valence-electron chi connectivity index (χ3n) is 1.40. The van der Waals surface area contributed by atoms with Crippen molar-refractivity contribution in [2.45, 2.75) is 13.8 Å². The van der Waals surface area contributed by atoms with Gasteiger partial charge in [0.2, 0.25) is 0 Å². The van der Waals surface area contributed by atoms with Crippen molar-refractivity contribution < 1.29 is 4.74 Å². The molecule has 3 heteroatoms. The quantitative estimate of drug-likeness (QED) is 0.749. The van der Waals surface area contributed by atoms with Crippen molar-refractivity contribution in [3.63, 3.8) is 0 Å². The van der Waals surface area contributed by atoms with Crippen LogP contribution < -0.4 is 4.74 Å². The van der Waals surface area contributed by atoms with E-state index < -0.39 is 0 Å². The van der Waals surface area contributed by atoms with Gasteiger partial charge in [0.05, 0.1) is 16.7 Å². The molecular weight excluding hydrogens is 207 g/mol. The molecule has 1 rings (SSSR count). The Hall–Kier alpha value is -0.400. The maximum Gasteiger partial charge on any atom is 0.139 e. The van der Waals surface area contributed by atoms with Gasteiger partial charge >= 0.3 is 0 Å². The van der Waals surface area contributed by atoms with Gasteiger partial charge in [-0.3, -0.25) is 0 Å². The highest BCUT2D eigenvalue weighted by atomic mass is 35.5. The van der Waals surface area contributed by atoms with Gasteiger partial charge in [0.1, 0.15) is 5.75 Å². The minimum atomic E-state index is 0.471. The van der Waals surface area contributed by atoms with Crippen LogP contribution in [0.2, 0.25) is 10.0 Å². The number of hydrogen-bond donors (Lipinski definition) is 0. The minimum absolute atomic E-state index is 0.471. The minimum Gasteiger partial charge on any atom is -0.492 e. The first-order valence-electron chi connectivity index (χ1n) is 4.09. The lowest BCUT2D eigenvalue weighted by Gasteiger charge is -2.09. The van der Waals surface area contributed by atoms with Crippen LogP contribution in [0.3, 0.4) is 0 Å². The molecule has 1 aromatic carbocycles. The Morgan fingerprint density at radius 1 is 1.46 bits per heavy atom. The zero-order valence-electron chi connectivity index (χ0n) is 7.60. The van der Waals surface area contributed by atoms with Gasteiger partial charge in [-0.05, 0) is 12.0 Å². The highest BCUT2D eigenvalue weighted by Gasteiger charge is 2.03. The first-order valence-corrected chi connectivity index (χ1v) is 4.84. The Labute approximate surface area is 88.6 Å². The predicted molar refractivity (Wildman–Crippen MR) is 55.6 cm³/mol. The van der Waals surface area contributed by atoms with Crippen LogP contribution in [0, 0.1) is 12.0 Å². The second-order valence-corrected chi connectivity index (χ2v) is 4.01. The van der Waals surface area contributed by atoms with E-state index >= 15 is 0 Å². The maximum absolute atomic E-state index is 5.86. The third-order valence-corrected chi connectivity index (χ3v) is 1.92. The molecule has 1 nitrogen and oxygen atoms in total. The average molecular weight is 218 g/mol. The van der Waals surface area contributed by atoms with Crippen molar-refractivity contribution in [2.24, 2.45) is 5.92 Å². The summed E-state index contributed by atoms with van der Waals surface area (Å²) >= 11 is 11.6. The van der Waals surface area contributed by atoms with Crippen LogP contribution in [0.1, 0.15) is 13.8 Å². The first kappa shape index (κ1) is 10.7. The van der Waals surface area contributed by atoms with E-state index in [1.165, 1.54) is 0 Å². The van der Waals surface area contributed by atoms with Gasteiger partial charge in [-0.1, -0.05) is 37.0 Å². The molecule has 0 bridgehead atoms. The summed E-state index contributed by atoms with van der Waals surface area (Å²) in [6, 6.07) is 6.06. The van der Waals surface area contributed by atoms with E-state index in [1.54, 1.807) is 12.1 Å². The Kier molecular flexibility index (Phi) is 3.89. The molecular formula is C10H11Cl2O. The lowest BCUT2D eigenvalue weighted by atomic mass is 10.2. The summed E-state index contributed by atoms with van der Waals surface area (Å²) in [5.74, 6) is 1.10. The fraction of sp³-hybridized carbons (Fsp3) is 0.400. The van der Waals surface area contributed by atoms with Gasteiger partial charge in [0.25, 0.3) is 0 Å². The zero-order valence-corrected chi connectivity index (χ0v) is 9.12. The number of rotatable bonds is 3. The first-order chi connectivity index (χ1) is 6.09. The number of benzene rings is 1. The van der Waals surface area contributed by atoms with Crippen LogP contribution in [-0.2, 0) is 0 Å². The molecule has 0 amide bonds. The van der Waals surface area contributed by atoms with E-state index in [4.69, 9.17) is 27.9 Å². The van der Waals surface area contributed by atoms with E-state index in [2.05, 4.69) is 19.9 Å². The van der Waals surface area contributed by atoms with Gasteiger partial charge in [-0.15, -0.1) is 0 Å². The molecule has 71 valence electrons.